The first kappa shape index (κ1) is 14.8. The molecule has 116 valence electrons. The van der Waals surface area contributed by atoms with Crippen molar-refractivity contribution in [1.29, 1.82) is 0 Å². The average Bonchev–Trinajstić information content (AvgIpc) is 2.89. The Morgan fingerprint density at radius 3 is 2.71 bits per heavy atom. The molecule has 1 unspecified atom stereocenters. The summed E-state index contributed by atoms with van der Waals surface area (Å²) in [5.74, 6) is 0.0470. The van der Waals surface area contributed by atoms with E-state index < -0.39 is 18.1 Å². The fourth-order valence-corrected chi connectivity index (χ4v) is 3.49. The zero-order chi connectivity index (χ0) is 15.1. The highest BCUT2D eigenvalue weighted by molar-refractivity contribution is 7.07. The lowest BCUT2D eigenvalue weighted by atomic mass is 10.2. The van der Waals surface area contributed by atoms with Crippen molar-refractivity contribution in [3.8, 4) is 0 Å². The molecule has 2 heterocycles. The van der Waals surface area contributed by atoms with Crippen LogP contribution in [0.3, 0.4) is 0 Å². The van der Waals surface area contributed by atoms with Crippen LogP contribution in [0, 0.1) is 0 Å². The van der Waals surface area contributed by atoms with Crippen LogP contribution in [0.2, 0.25) is 0 Å². The summed E-state index contributed by atoms with van der Waals surface area (Å²) >= 11 is 1.56. The first-order chi connectivity index (χ1) is 9.91. The van der Waals surface area contributed by atoms with Gasteiger partial charge < -0.3 is 4.90 Å². The maximum atomic E-state index is 12.4. The number of alkyl halides is 3. The predicted molar refractivity (Wildman–Crippen MR) is 73.8 cm³/mol. The summed E-state index contributed by atoms with van der Waals surface area (Å²) < 4.78 is 36.5. The number of nitrogens with zero attached hydrogens (tertiary/aromatic N) is 1. The van der Waals surface area contributed by atoms with Crippen LogP contribution in [0.4, 0.5) is 13.2 Å². The van der Waals surface area contributed by atoms with Crippen molar-refractivity contribution in [2.75, 3.05) is 6.54 Å². The van der Waals surface area contributed by atoms with Gasteiger partial charge in [0.25, 0.3) is 0 Å². The quantitative estimate of drug-likeness (QED) is 0.844. The zero-order valence-electron chi connectivity index (χ0n) is 11.4. The van der Waals surface area contributed by atoms with E-state index >= 15 is 0 Å². The molecule has 1 aromatic heterocycles. The highest BCUT2D eigenvalue weighted by Crippen LogP contribution is 2.46. The van der Waals surface area contributed by atoms with Gasteiger partial charge in [-0.05, 0) is 48.1 Å². The van der Waals surface area contributed by atoms with Gasteiger partial charge in [0, 0.05) is 13.0 Å². The summed E-state index contributed by atoms with van der Waals surface area (Å²) in [4.78, 5) is 14.1. The maximum Gasteiger partial charge on any atom is 0.389 e. The van der Waals surface area contributed by atoms with Crippen LogP contribution in [0.15, 0.2) is 16.8 Å². The van der Waals surface area contributed by atoms with Gasteiger partial charge in [-0.15, -0.1) is 0 Å². The fourth-order valence-electron chi connectivity index (χ4n) is 2.81. The summed E-state index contributed by atoms with van der Waals surface area (Å²) in [7, 11) is 0. The van der Waals surface area contributed by atoms with E-state index in [2.05, 4.69) is 5.32 Å². The molecule has 1 aliphatic carbocycles. The lowest BCUT2D eigenvalue weighted by Crippen LogP contribution is -2.33. The topological polar surface area (TPSA) is 32.3 Å². The predicted octanol–water partition coefficient (Wildman–Crippen LogP) is 3.44. The number of unbranched alkanes of at least 4 members (excludes halogenated alkanes) is 1. The maximum absolute atomic E-state index is 12.4. The molecule has 1 saturated carbocycles. The van der Waals surface area contributed by atoms with Gasteiger partial charge in [-0.3, -0.25) is 10.1 Å². The van der Waals surface area contributed by atoms with Gasteiger partial charge in [-0.1, -0.05) is 0 Å². The number of rotatable bonds is 5. The molecule has 1 saturated heterocycles. The number of carbonyl (C=O) groups is 1. The molecule has 1 spiro atoms. The molecule has 21 heavy (non-hydrogen) atoms. The summed E-state index contributed by atoms with van der Waals surface area (Å²) in [5, 5.41) is 7.29. The van der Waals surface area contributed by atoms with Gasteiger partial charge in [-0.2, -0.15) is 24.5 Å². The van der Waals surface area contributed by atoms with Gasteiger partial charge in [0.05, 0.1) is 0 Å². The standard InChI is InChI=1S/C14H17F3N2OS/c15-14(16,17)4-1-2-7-19-11(10-3-8-21-9-10)18-13(5-6-13)12(19)20/h3,8-9,11,18H,1-2,4-7H2. The molecular weight excluding hydrogens is 301 g/mol. The molecule has 0 aromatic carbocycles. The second-order valence-corrected chi connectivity index (χ2v) is 6.54. The van der Waals surface area contributed by atoms with Crippen molar-refractivity contribution in [1.82, 2.24) is 10.2 Å². The number of carbonyl (C=O) groups excluding carboxylic acids is 1. The van der Waals surface area contributed by atoms with E-state index in [4.69, 9.17) is 0 Å². The van der Waals surface area contributed by atoms with Crippen molar-refractivity contribution in [2.45, 2.75) is 50.0 Å². The van der Waals surface area contributed by atoms with Gasteiger partial charge in [0.2, 0.25) is 5.91 Å². The number of amides is 1. The summed E-state index contributed by atoms with van der Waals surface area (Å²) in [5.41, 5.74) is 0.587. The van der Waals surface area contributed by atoms with Crippen molar-refractivity contribution in [3.05, 3.63) is 22.4 Å². The fraction of sp³-hybridized carbons (Fsp3) is 0.643. The van der Waals surface area contributed by atoms with Crippen LogP contribution < -0.4 is 5.32 Å². The molecule has 2 fully saturated rings. The van der Waals surface area contributed by atoms with E-state index in [9.17, 15) is 18.0 Å². The van der Waals surface area contributed by atoms with Gasteiger partial charge in [0.15, 0.2) is 0 Å². The molecule has 0 bridgehead atoms. The molecule has 1 atom stereocenters. The monoisotopic (exact) mass is 318 g/mol. The SMILES string of the molecule is O=C1N(CCCCC(F)(F)F)C(c2ccsc2)NC12CC2. The third kappa shape index (κ3) is 3.08. The number of halogens is 3. The minimum atomic E-state index is -4.11. The van der Waals surface area contributed by atoms with Crippen LogP contribution in [0.1, 0.15) is 43.8 Å². The molecule has 1 amide bonds. The van der Waals surface area contributed by atoms with Crippen LogP contribution in [0.5, 0.6) is 0 Å². The zero-order valence-corrected chi connectivity index (χ0v) is 12.3. The summed E-state index contributed by atoms with van der Waals surface area (Å²) in [6, 6.07) is 1.96. The van der Waals surface area contributed by atoms with Gasteiger partial charge in [0.1, 0.15) is 11.7 Å². The molecule has 0 radical (unpaired) electrons. The molecule has 7 heteroatoms. The van der Waals surface area contributed by atoms with Gasteiger partial charge in [-0.25, -0.2) is 0 Å². The van der Waals surface area contributed by atoms with E-state index in [-0.39, 0.29) is 18.5 Å². The van der Waals surface area contributed by atoms with Crippen LogP contribution >= 0.6 is 11.3 Å². The Bertz CT molecular complexity index is 511. The second kappa shape index (κ2) is 5.28. The minimum Gasteiger partial charge on any atom is -0.321 e. The Labute approximate surface area is 125 Å². The molecule has 1 N–H and O–H groups in total. The normalized spacial score (nSPS) is 24.0. The van der Waals surface area contributed by atoms with E-state index in [1.165, 1.54) is 0 Å². The Hall–Kier alpha value is -1.08. The largest absolute Gasteiger partial charge is 0.389 e. The summed E-state index contributed by atoms with van der Waals surface area (Å²) in [6.45, 7) is 0.379. The van der Waals surface area contributed by atoms with Crippen LogP contribution in [-0.2, 0) is 4.79 Å². The molecule has 3 rings (SSSR count). The van der Waals surface area contributed by atoms with Crippen molar-refractivity contribution in [3.63, 3.8) is 0 Å². The Kier molecular flexibility index (Phi) is 3.73. The Morgan fingerprint density at radius 2 is 2.14 bits per heavy atom. The molecule has 1 aliphatic heterocycles. The minimum absolute atomic E-state index is 0.0470. The Morgan fingerprint density at radius 1 is 1.38 bits per heavy atom. The van der Waals surface area contributed by atoms with E-state index in [1.54, 1.807) is 16.2 Å². The lowest BCUT2D eigenvalue weighted by molar-refractivity contribution is -0.136. The van der Waals surface area contributed by atoms with Crippen molar-refractivity contribution in [2.24, 2.45) is 0 Å². The first-order valence-electron chi connectivity index (χ1n) is 7.09. The second-order valence-electron chi connectivity index (χ2n) is 5.76. The summed E-state index contributed by atoms with van der Waals surface area (Å²) in [6.07, 6.45) is -2.98. The Balaban J connectivity index is 1.62. The van der Waals surface area contributed by atoms with E-state index in [0.717, 1.165) is 18.4 Å². The van der Waals surface area contributed by atoms with Crippen molar-refractivity contribution < 1.29 is 18.0 Å². The van der Waals surface area contributed by atoms with Crippen molar-refractivity contribution >= 4 is 17.2 Å². The van der Waals surface area contributed by atoms with Gasteiger partial charge >= 0.3 is 6.18 Å². The van der Waals surface area contributed by atoms with Crippen LogP contribution in [0.25, 0.3) is 0 Å². The molecule has 1 aromatic rings. The van der Waals surface area contributed by atoms with E-state index in [1.807, 2.05) is 16.8 Å². The third-order valence-corrected chi connectivity index (χ3v) is 4.81. The van der Waals surface area contributed by atoms with Crippen LogP contribution in [-0.4, -0.2) is 29.1 Å². The number of nitrogens with one attached hydrogen (secondary N) is 1. The number of hydrogen-bond acceptors (Lipinski definition) is 3. The molecule has 2 aliphatic rings. The third-order valence-electron chi connectivity index (χ3n) is 4.11. The first-order valence-corrected chi connectivity index (χ1v) is 8.03. The highest BCUT2D eigenvalue weighted by atomic mass is 32.1. The van der Waals surface area contributed by atoms with E-state index in [0.29, 0.717) is 13.0 Å². The number of hydrogen-bond donors (Lipinski definition) is 1. The number of thiophene rings is 1. The average molecular weight is 318 g/mol. The smallest absolute Gasteiger partial charge is 0.321 e. The molecular formula is C14H17F3N2OS. The lowest BCUT2D eigenvalue weighted by Gasteiger charge is -2.23. The highest BCUT2D eigenvalue weighted by Gasteiger charge is 2.59. The molecule has 3 nitrogen and oxygen atoms in total.